The van der Waals surface area contributed by atoms with Crippen molar-refractivity contribution in [3.8, 4) is 0 Å². The highest BCUT2D eigenvalue weighted by Gasteiger charge is 2.23. The minimum absolute atomic E-state index is 0.0448. The molecule has 36 heavy (non-hydrogen) atoms. The van der Waals surface area contributed by atoms with Crippen molar-refractivity contribution in [1.82, 2.24) is 25.3 Å². The van der Waals surface area contributed by atoms with E-state index in [1.807, 2.05) is 0 Å². The highest BCUT2D eigenvalue weighted by atomic mass is 16.4. The van der Waals surface area contributed by atoms with Crippen LogP contribution in [0.5, 0.6) is 0 Å². The SMILES string of the molecule is CN(CCCn1cc(B(O)O)cn1)C(=O)CCC[C@H](NCC(=O)N[C@@H](CCC(=O)O)C(=O)O)C(=O)O. The molecule has 16 heteroatoms. The van der Waals surface area contributed by atoms with Crippen LogP contribution in [0.4, 0.5) is 0 Å². The van der Waals surface area contributed by atoms with Crippen LogP contribution in [0.2, 0.25) is 0 Å². The van der Waals surface area contributed by atoms with Crippen molar-refractivity contribution >= 4 is 42.3 Å². The molecule has 15 nitrogen and oxygen atoms in total. The zero-order valence-corrected chi connectivity index (χ0v) is 19.9. The number of hydrogen-bond donors (Lipinski definition) is 7. The van der Waals surface area contributed by atoms with Crippen molar-refractivity contribution < 1.29 is 49.3 Å². The van der Waals surface area contributed by atoms with Crippen LogP contribution in [0.15, 0.2) is 12.4 Å². The van der Waals surface area contributed by atoms with Crippen molar-refractivity contribution in [2.45, 2.75) is 57.2 Å². The standard InChI is InChI=1S/C20H32BN5O10/c1-25(8-3-9-26-12-13(10-23-26)21(35)36)17(28)5-2-4-14(19(31)32)22-11-16(27)24-15(20(33)34)6-7-18(29)30/h10,12,14-15,22,35-36H,2-9,11H2,1H3,(H,24,27)(H,29,30)(H,31,32)(H,33,34)/t14-,15-/m0/s1. The van der Waals surface area contributed by atoms with Crippen LogP contribution < -0.4 is 16.1 Å². The minimum atomic E-state index is -1.60. The molecule has 0 spiro atoms. The third-order valence-corrected chi connectivity index (χ3v) is 5.23. The van der Waals surface area contributed by atoms with E-state index in [0.717, 1.165) is 0 Å². The van der Waals surface area contributed by atoms with Gasteiger partial charge in [-0.25, -0.2) is 4.79 Å². The Balaban J connectivity index is 2.37. The van der Waals surface area contributed by atoms with Crippen LogP contribution in [0.1, 0.15) is 38.5 Å². The van der Waals surface area contributed by atoms with Gasteiger partial charge >= 0.3 is 25.0 Å². The number of carboxylic acids is 3. The summed E-state index contributed by atoms with van der Waals surface area (Å²) in [5.74, 6) is -4.86. The summed E-state index contributed by atoms with van der Waals surface area (Å²) in [5, 5.41) is 53.9. The molecular formula is C20H32BN5O10. The molecule has 1 heterocycles. The monoisotopic (exact) mass is 513 g/mol. The summed E-state index contributed by atoms with van der Waals surface area (Å²) in [6.07, 6.45) is 2.96. The van der Waals surface area contributed by atoms with Gasteiger partial charge in [0, 0.05) is 50.8 Å². The second kappa shape index (κ2) is 15.5. The van der Waals surface area contributed by atoms with Crippen molar-refractivity contribution in [2.75, 3.05) is 20.1 Å². The van der Waals surface area contributed by atoms with Crippen LogP contribution >= 0.6 is 0 Å². The first kappa shape index (κ1) is 30.5. The van der Waals surface area contributed by atoms with Crippen molar-refractivity contribution in [1.29, 1.82) is 0 Å². The predicted molar refractivity (Wildman–Crippen MR) is 124 cm³/mol. The number of rotatable bonds is 18. The predicted octanol–water partition coefficient (Wildman–Crippen LogP) is -2.94. The smallest absolute Gasteiger partial charge is 0.481 e. The average molecular weight is 513 g/mol. The fourth-order valence-electron chi connectivity index (χ4n) is 3.18. The van der Waals surface area contributed by atoms with Gasteiger partial charge in [-0.3, -0.25) is 29.2 Å². The molecule has 7 N–H and O–H groups in total. The summed E-state index contributed by atoms with van der Waals surface area (Å²) in [5.41, 5.74) is 0.262. The zero-order chi connectivity index (χ0) is 27.3. The number of amides is 2. The summed E-state index contributed by atoms with van der Waals surface area (Å²) in [4.78, 5) is 59.0. The third-order valence-electron chi connectivity index (χ3n) is 5.23. The molecule has 1 aromatic rings. The molecule has 0 saturated heterocycles. The molecule has 2 atom stereocenters. The maximum Gasteiger partial charge on any atom is 0.491 e. The van der Waals surface area contributed by atoms with Crippen LogP contribution in [0.3, 0.4) is 0 Å². The van der Waals surface area contributed by atoms with Crippen LogP contribution in [0.25, 0.3) is 0 Å². The van der Waals surface area contributed by atoms with Gasteiger partial charge in [-0.2, -0.15) is 5.10 Å². The van der Waals surface area contributed by atoms with E-state index >= 15 is 0 Å². The van der Waals surface area contributed by atoms with Crippen LogP contribution in [-0.4, -0.2) is 109 Å². The van der Waals surface area contributed by atoms with Gasteiger partial charge in [0.1, 0.15) is 12.1 Å². The number of nitrogens with zero attached hydrogens (tertiary/aromatic N) is 3. The Kier molecular flexibility index (Phi) is 13.1. The second-order valence-corrected chi connectivity index (χ2v) is 8.13. The maximum atomic E-state index is 12.3. The molecule has 2 amide bonds. The van der Waals surface area contributed by atoms with Crippen molar-refractivity contribution in [3.63, 3.8) is 0 Å². The number of aryl methyl sites for hydroxylation is 1. The largest absolute Gasteiger partial charge is 0.491 e. The summed E-state index contributed by atoms with van der Waals surface area (Å²) < 4.78 is 1.52. The molecule has 0 bridgehead atoms. The Bertz CT molecular complexity index is 909. The Morgan fingerprint density at radius 2 is 1.69 bits per heavy atom. The lowest BCUT2D eigenvalue weighted by Gasteiger charge is -2.19. The molecule has 0 saturated carbocycles. The van der Waals surface area contributed by atoms with Gasteiger partial charge in [0.05, 0.1) is 6.54 Å². The number of nitrogens with one attached hydrogen (secondary N) is 2. The van der Waals surface area contributed by atoms with Crippen LogP contribution in [-0.2, 0) is 30.5 Å². The van der Waals surface area contributed by atoms with Gasteiger partial charge in [0.2, 0.25) is 11.8 Å². The van der Waals surface area contributed by atoms with Gasteiger partial charge < -0.3 is 35.6 Å². The molecule has 0 radical (unpaired) electrons. The minimum Gasteiger partial charge on any atom is -0.481 e. The molecule has 0 fully saturated rings. The first-order valence-corrected chi connectivity index (χ1v) is 11.2. The molecule has 1 rings (SSSR count). The lowest BCUT2D eigenvalue weighted by molar-refractivity contribution is -0.143. The molecule has 200 valence electrons. The van der Waals surface area contributed by atoms with Gasteiger partial charge in [-0.05, 0) is 25.7 Å². The fraction of sp³-hybridized carbons (Fsp3) is 0.600. The van der Waals surface area contributed by atoms with E-state index < -0.39 is 56.0 Å². The van der Waals surface area contributed by atoms with E-state index in [4.69, 9.17) is 20.3 Å². The summed E-state index contributed by atoms with van der Waals surface area (Å²) in [7, 11) is 0.00132. The molecule has 1 aromatic heterocycles. The quantitative estimate of drug-likeness (QED) is 0.0978. The second-order valence-electron chi connectivity index (χ2n) is 8.13. The lowest BCUT2D eigenvalue weighted by atomic mass is 9.83. The van der Waals surface area contributed by atoms with Crippen LogP contribution in [0, 0.1) is 0 Å². The van der Waals surface area contributed by atoms with Gasteiger partial charge in [0.25, 0.3) is 0 Å². The van der Waals surface area contributed by atoms with E-state index in [-0.39, 0.29) is 37.1 Å². The van der Waals surface area contributed by atoms with Crippen molar-refractivity contribution in [2.24, 2.45) is 0 Å². The number of carbonyl (C=O) groups excluding carboxylic acids is 2. The number of hydrogen-bond acceptors (Lipinski definition) is 9. The van der Waals surface area contributed by atoms with E-state index in [1.165, 1.54) is 22.0 Å². The average Bonchev–Trinajstić information content (AvgIpc) is 3.27. The number of aliphatic carboxylic acids is 3. The lowest BCUT2D eigenvalue weighted by Crippen LogP contribution is -2.48. The third kappa shape index (κ3) is 11.8. The Morgan fingerprint density at radius 1 is 1.03 bits per heavy atom. The zero-order valence-electron chi connectivity index (χ0n) is 19.9. The maximum absolute atomic E-state index is 12.3. The fourth-order valence-corrected chi connectivity index (χ4v) is 3.18. The summed E-state index contributed by atoms with van der Waals surface area (Å²) in [6, 6.07) is -2.56. The number of carboxylic acid groups (broad SMARTS) is 3. The highest BCUT2D eigenvalue weighted by Crippen LogP contribution is 2.05. The Labute approximate surface area is 207 Å². The van der Waals surface area contributed by atoms with Gasteiger partial charge in [-0.15, -0.1) is 0 Å². The Morgan fingerprint density at radius 3 is 2.25 bits per heavy atom. The molecular weight excluding hydrogens is 481 g/mol. The molecule has 0 aliphatic carbocycles. The molecule has 0 aromatic carbocycles. The van der Waals surface area contributed by atoms with E-state index in [2.05, 4.69) is 15.7 Å². The van der Waals surface area contributed by atoms with E-state index in [9.17, 15) is 29.1 Å². The Hall–Kier alpha value is -3.50. The van der Waals surface area contributed by atoms with Gasteiger partial charge in [0.15, 0.2) is 0 Å². The normalized spacial score (nSPS) is 12.4. The van der Waals surface area contributed by atoms with E-state index in [0.29, 0.717) is 19.5 Å². The first-order valence-electron chi connectivity index (χ1n) is 11.2. The highest BCUT2D eigenvalue weighted by molar-refractivity contribution is 6.58. The summed E-state index contributed by atoms with van der Waals surface area (Å²) >= 11 is 0. The van der Waals surface area contributed by atoms with Gasteiger partial charge in [-0.1, -0.05) is 0 Å². The number of aromatic nitrogens is 2. The number of carbonyl (C=O) groups is 5. The molecule has 0 unspecified atom stereocenters. The van der Waals surface area contributed by atoms with Crippen molar-refractivity contribution in [3.05, 3.63) is 12.4 Å². The topological polar surface area (TPSA) is 232 Å². The first-order chi connectivity index (χ1) is 16.9. The molecule has 0 aliphatic rings. The molecule has 0 aliphatic heterocycles. The summed E-state index contributed by atoms with van der Waals surface area (Å²) in [6.45, 7) is 0.365. The van der Waals surface area contributed by atoms with E-state index in [1.54, 1.807) is 7.05 Å².